The van der Waals surface area contributed by atoms with Gasteiger partial charge in [0, 0.05) is 42.4 Å². The lowest BCUT2D eigenvalue weighted by Crippen LogP contribution is -2.50. The predicted octanol–water partition coefficient (Wildman–Crippen LogP) is 7.78. The third-order valence-electron chi connectivity index (χ3n) is 9.60. The highest BCUT2D eigenvalue weighted by Crippen LogP contribution is 2.53. The molecule has 48 heavy (non-hydrogen) atoms. The Kier molecular flexibility index (Phi) is 6.77. The van der Waals surface area contributed by atoms with Crippen LogP contribution in [-0.4, -0.2) is 23.0 Å². The smallest absolute Gasteiger partial charge is 0.173 e. The van der Waals surface area contributed by atoms with E-state index >= 15 is 4.57 Å². The van der Waals surface area contributed by atoms with Gasteiger partial charge in [0.15, 0.2) is 24.6 Å². The molecule has 6 aromatic carbocycles. The van der Waals surface area contributed by atoms with Gasteiger partial charge in [-0.25, -0.2) is 15.0 Å². The lowest BCUT2D eigenvalue weighted by Gasteiger charge is -2.31. The fourth-order valence-electron chi connectivity index (χ4n) is 7.14. The van der Waals surface area contributed by atoms with Crippen LogP contribution in [0.4, 0.5) is 0 Å². The van der Waals surface area contributed by atoms with Gasteiger partial charge in [0.1, 0.15) is 8.07 Å². The van der Waals surface area contributed by atoms with E-state index in [2.05, 4.69) is 67.7 Å². The molecule has 7 aromatic rings. The monoisotopic (exact) mass is 671 g/mol. The largest absolute Gasteiger partial charge is 0.309 e. The fourth-order valence-corrected chi connectivity index (χ4v) is 15.1. The molecular formula is C41H30N3OPSSi. The van der Waals surface area contributed by atoms with Crippen LogP contribution in [0.3, 0.4) is 0 Å². The van der Waals surface area contributed by atoms with Gasteiger partial charge in [0.05, 0.1) is 0 Å². The molecule has 0 saturated carbocycles. The number of rotatable bonds is 4. The minimum absolute atomic E-state index is 0.554. The summed E-state index contributed by atoms with van der Waals surface area (Å²) in [6.45, 7) is 4.82. The summed E-state index contributed by atoms with van der Waals surface area (Å²) in [5.74, 6) is 1.76. The van der Waals surface area contributed by atoms with Crippen molar-refractivity contribution in [2.45, 2.75) is 22.9 Å². The van der Waals surface area contributed by atoms with Crippen LogP contribution in [0.1, 0.15) is 0 Å². The van der Waals surface area contributed by atoms with Crippen molar-refractivity contribution < 1.29 is 4.57 Å². The molecule has 0 bridgehead atoms. The highest BCUT2D eigenvalue weighted by molar-refractivity contribution is 8.02. The Balaban J connectivity index is 1.26. The van der Waals surface area contributed by atoms with Crippen molar-refractivity contribution in [1.29, 1.82) is 0 Å². The van der Waals surface area contributed by atoms with Crippen LogP contribution in [-0.2, 0) is 4.57 Å². The summed E-state index contributed by atoms with van der Waals surface area (Å²) in [6.07, 6.45) is 0. The third-order valence-corrected chi connectivity index (χ3v) is 17.7. The third kappa shape index (κ3) is 4.51. The summed E-state index contributed by atoms with van der Waals surface area (Å²) < 4.78 is 16.1. The zero-order valence-corrected chi connectivity index (χ0v) is 29.2. The van der Waals surface area contributed by atoms with E-state index in [0.717, 1.165) is 42.4 Å². The Bertz CT molecular complexity index is 2380. The topological polar surface area (TPSA) is 55.7 Å². The van der Waals surface area contributed by atoms with Crippen LogP contribution >= 0.6 is 18.9 Å². The van der Waals surface area contributed by atoms with Crippen LogP contribution in [0.15, 0.2) is 155 Å². The Morgan fingerprint density at radius 2 is 1.04 bits per heavy atom. The van der Waals surface area contributed by atoms with Gasteiger partial charge in [-0.15, -0.1) is 0 Å². The van der Waals surface area contributed by atoms with Crippen LogP contribution in [0, 0.1) is 0 Å². The summed E-state index contributed by atoms with van der Waals surface area (Å²) in [7, 11) is -5.28. The molecule has 0 fully saturated rings. The van der Waals surface area contributed by atoms with Crippen LogP contribution in [0.25, 0.3) is 45.3 Å². The van der Waals surface area contributed by atoms with Crippen molar-refractivity contribution in [2.75, 3.05) is 0 Å². The van der Waals surface area contributed by atoms with E-state index < -0.39 is 15.2 Å². The molecule has 0 radical (unpaired) electrons. The Labute approximate surface area is 285 Å². The molecule has 0 saturated heterocycles. The molecule has 1 unspecified atom stereocenters. The van der Waals surface area contributed by atoms with Crippen molar-refractivity contribution >= 4 is 53.3 Å². The fraction of sp³-hybridized carbons (Fsp3) is 0.0488. The highest BCUT2D eigenvalue weighted by atomic mass is 32.2. The lowest BCUT2D eigenvalue weighted by atomic mass is 10.1. The SMILES string of the molecule is C[Si]1(C)c2ccccc2-c2cc3c(cc21)P(=O)(c1ccccc1)c1cc(-c2nc(-c4ccccc4)nc(-c4ccccc4)n2)ccc1S3. The quantitative estimate of drug-likeness (QED) is 0.141. The van der Waals surface area contributed by atoms with Crippen LogP contribution in [0.5, 0.6) is 0 Å². The Hall–Kier alpha value is -4.87. The van der Waals surface area contributed by atoms with Gasteiger partial charge < -0.3 is 4.57 Å². The van der Waals surface area contributed by atoms with Crippen LogP contribution < -0.4 is 26.3 Å². The summed E-state index contributed by atoms with van der Waals surface area (Å²) in [5.41, 5.74) is 5.26. The number of hydrogen-bond acceptors (Lipinski definition) is 5. The second-order valence-electron chi connectivity index (χ2n) is 12.8. The normalized spacial score (nSPS) is 16.8. The van der Waals surface area contributed by atoms with E-state index in [0.29, 0.717) is 17.5 Å². The second-order valence-corrected chi connectivity index (χ2v) is 20.9. The van der Waals surface area contributed by atoms with Gasteiger partial charge in [-0.05, 0) is 45.8 Å². The molecule has 4 nitrogen and oxygen atoms in total. The van der Waals surface area contributed by atoms with Crippen molar-refractivity contribution in [1.82, 2.24) is 15.0 Å². The van der Waals surface area contributed by atoms with Gasteiger partial charge >= 0.3 is 0 Å². The van der Waals surface area contributed by atoms with Crippen molar-refractivity contribution in [3.63, 3.8) is 0 Å². The highest BCUT2D eigenvalue weighted by Gasteiger charge is 2.43. The molecular weight excluding hydrogens is 642 g/mol. The maximum Gasteiger partial charge on any atom is 0.173 e. The summed E-state index contributed by atoms with van der Waals surface area (Å²) in [4.78, 5) is 16.9. The molecule has 0 N–H and O–H groups in total. The van der Waals surface area contributed by atoms with E-state index in [1.807, 2.05) is 91.0 Å². The number of benzene rings is 6. The standard InChI is InChI=1S/C41H30N3OPSSi/c1-48(2)37-21-13-12-20-31(37)32-25-36-34(26-38(32)48)46(45,30-18-10-5-11-19-30)33-24-29(22-23-35(33)47-36)41-43-39(27-14-6-3-7-15-27)42-40(44-41)28-16-8-4-9-17-28/h3-26H,1-2H3. The van der Waals surface area contributed by atoms with E-state index in [4.69, 9.17) is 15.0 Å². The van der Waals surface area contributed by atoms with Gasteiger partial charge in [-0.2, -0.15) is 0 Å². The van der Waals surface area contributed by atoms with Gasteiger partial charge in [-0.1, -0.05) is 146 Å². The lowest BCUT2D eigenvalue weighted by molar-refractivity contribution is 0.592. The second kappa shape index (κ2) is 11.1. The van der Waals surface area contributed by atoms with E-state index in [9.17, 15) is 0 Å². The molecule has 9 rings (SSSR count). The molecule has 1 aromatic heterocycles. The first-order chi connectivity index (χ1) is 23.4. The Morgan fingerprint density at radius 1 is 0.500 bits per heavy atom. The van der Waals surface area contributed by atoms with E-state index in [-0.39, 0.29) is 0 Å². The molecule has 3 heterocycles. The first-order valence-corrected chi connectivity index (χ1v) is 21.6. The molecule has 2 aliphatic heterocycles. The molecule has 2 aliphatic rings. The van der Waals surface area contributed by atoms with Gasteiger partial charge in [0.25, 0.3) is 0 Å². The average Bonchev–Trinajstić information content (AvgIpc) is 3.37. The van der Waals surface area contributed by atoms with Gasteiger partial charge in [0.2, 0.25) is 0 Å². The molecule has 1 atom stereocenters. The minimum atomic E-state index is -3.29. The van der Waals surface area contributed by atoms with Gasteiger partial charge in [-0.3, -0.25) is 0 Å². The number of aromatic nitrogens is 3. The van der Waals surface area contributed by atoms with E-state index in [1.54, 1.807) is 11.8 Å². The number of hydrogen-bond donors (Lipinski definition) is 0. The maximum atomic E-state index is 16.1. The summed E-state index contributed by atoms with van der Waals surface area (Å²) in [6, 6.07) is 49.7. The molecule has 230 valence electrons. The molecule has 0 aliphatic carbocycles. The average molecular weight is 672 g/mol. The zero-order valence-electron chi connectivity index (χ0n) is 26.5. The van der Waals surface area contributed by atoms with Crippen LogP contribution in [0.2, 0.25) is 13.1 Å². The molecule has 7 heteroatoms. The van der Waals surface area contributed by atoms with Crippen molar-refractivity contribution in [3.8, 4) is 45.3 Å². The molecule has 0 amide bonds. The predicted molar refractivity (Wildman–Crippen MR) is 202 cm³/mol. The number of fused-ring (bicyclic) bond motifs is 5. The zero-order chi connectivity index (χ0) is 32.5. The first kappa shape index (κ1) is 29.3. The number of nitrogens with zero attached hydrogens (tertiary/aromatic N) is 3. The van der Waals surface area contributed by atoms with E-state index in [1.165, 1.54) is 21.5 Å². The maximum absolute atomic E-state index is 16.1. The molecule has 0 spiro atoms. The Morgan fingerprint density at radius 3 is 1.69 bits per heavy atom. The summed E-state index contributed by atoms with van der Waals surface area (Å²) in [5, 5.41) is 5.41. The van der Waals surface area contributed by atoms with Crippen molar-refractivity contribution in [2.24, 2.45) is 0 Å². The van der Waals surface area contributed by atoms with Crippen molar-refractivity contribution in [3.05, 3.63) is 146 Å². The minimum Gasteiger partial charge on any atom is -0.309 e. The first-order valence-electron chi connectivity index (χ1n) is 16.1. The summed E-state index contributed by atoms with van der Waals surface area (Å²) >= 11 is 1.71.